The van der Waals surface area contributed by atoms with Crippen molar-refractivity contribution in [2.75, 3.05) is 0 Å². The van der Waals surface area contributed by atoms with Crippen LogP contribution in [0.25, 0.3) is 0 Å². The van der Waals surface area contributed by atoms with E-state index in [4.69, 9.17) is 0 Å². The summed E-state index contributed by atoms with van der Waals surface area (Å²) in [6.07, 6.45) is 0. The van der Waals surface area contributed by atoms with Crippen molar-refractivity contribution in [3.8, 4) is 0 Å². The second kappa shape index (κ2) is 6.10. The molecule has 0 bridgehead atoms. The molecule has 0 radical (unpaired) electrons. The van der Waals surface area contributed by atoms with Crippen LogP contribution in [0.3, 0.4) is 0 Å². The Morgan fingerprint density at radius 1 is 0.944 bits per heavy atom. The fourth-order valence-electron chi connectivity index (χ4n) is 1.19. The Kier molecular flexibility index (Phi) is 5.03. The second-order valence-corrected chi connectivity index (χ2v) is 5.70. The molecule has 1 heterocycles. The lowest BCUT2D eigenvalue weighted by Crippen LogP contribution is -2.26. The Hall–Kier alpha value is -1.22. The van der Waals surface area contributed by atoms with Crippen LogP contribution in [-0.4, -0.2) is 24.2 Å². The number of rotatable bonds is 4. The van der Waals surface area contributed by atoms with Crippen LogP contribution in [0.15, 0.2) is 9.59 Å². The second-order valence-electron chi connectivity index (χ2n) is 3.45. The van der Waals surface area contributed by atoms with Gasteiger partial charge >= 0.3 is 11.4 Å². The van der Waals surface area contributed by atoms with Gasteiger partial charge in [-0.25, -0.2) is 23.5 Å². The van der Waals surface area contributed by atoms with Crippen molar-refractivity contribution in [2.24, 2.45) is 7.05 Å². The molecule has 0 fully saturated rings. The predicted octanol–water partition coefficient (Wildman–Crippen LogP) is -0.177. The molecule has 0 amide bonds. The smallest absolute Gasteiger partial charge is 0.287 e. The van der Waals surface area contributed by atoms with Gasteiger partial charge in [0.1, 0.15) is 0 Å². The largest absolute Gasteiger partial charge is 0.347 e. The number of thioether (sulfide) groups is 2. The van der Waals surface area contributed by atoms with Gasteiger partial charge in [0.2, 0.25) is 0 Å². The molecule has 0 aliphatic carbocycles. The minimum atomic E-state index is -0.502. The SMILES string of the molecule is CC(=O)SCn1c(=O)n(C)c(=O)n1CSC(C)=O. The lowest BCUT2D eigenvalue weighted by atomic mass is 10.9. The van der Waals surface area contributed by atoms with Crippen molar-refractivity contribution in [2.45, 2.75) is 25.6 Å². The van der Waals surface area contributed by atoms with E-state index >= 15 is 0 Å². The predicted molar refractivity (Wildman–Crippen MR) is 70.5 cm³/mol. The van der Waals surface area contributed by atoms with E-state index < -0.39 is 11.4 Å². The molecule has 0 aliphatic heterocycles. The van der Waals surface area contributed by atoms with Crippen molar-refractivity contribution in [1.29, 1.82) is 0 Å². The molecule has 0 saturated heterocycles. The average molecular weight is 291 g/mol. The standard InChI is InChI=1S/C9H13N3O4S2/c1-6(13)17-4-11-8(15)10(3)9(16)12(11)5-18-7(2)14/h4-5H2,1-3H3. The quantitative estimate of drug-likeness (QED) is 0.765. The molecule has 1 aromatic heterocycles. The highest BCUT2D eigenvalue weighted by Gasteiger charge is 2.14. The minimum Gasteiger partial charge on any atom is -0.287 e. The maximum atomic E-state index is 11.8. The minimum absolute atomic E-state index is 0.0582. The van der Waals surface area contributed by atoms with E-state index in [-0.39, 0.29) is 22.0 Å². The summed E-state index contributed by atoms with van der Waals surface area (Å²) >= 11 is 1.85. The Morgan fingerprint density at radius 3 is 1.56 bits per heavy atom. The summed E-state index contributed by atoms with van der Waals surface area (Å²) in [4.78, 5) is 45.3. The van der Waals surface area contributed by atoms with E-state index in [2.05, 4.69) is 0 Å². The van der Waals surface area contributed by atoms with E-state index in [9.17, 15) is 19.2 Å². The zero-order valence-electron chi connectivity index (χ0n) is 10.2. The summed E-state index contributed by atoms with van der Waals surface area (Å²) in [5.74, 6) is 0.116. The third-order valence-electron chi connectivity index (χ3n) is 2.09. The van der Waals surface area contributed by atoms with Crippen molar-refractivity contribution in [1.82, 2.24) is 13.9 Å². The highest BCUT2D eigenvalue weighted by atomic mass is 32.2. The summed E-state index contributed by atoms with van der Waals surface area (Å²) in [6.45, 7) is 2.76. The van der Waals surface area contributed by atoms with Crippen LogP contribution < -0.4 is 11.4 Å². The molecule has 1 rings (SSSR count). The molecule has 0 atom stereocenters. The van der Waals surface area contributed by atoms with Gasteiger partial charge in [0, 0.05) is 20.9 Å². The molecule has 1 aromatic rings. The van der Waals surface area contributed by atoms with Crippen LogP contribution in [0.5, 0.6) is 0 Å². The Balaban J connectivity index is 3.09. The van der Waals surface area contributed by atoms with Crippen molar-refractivity contribution < 1.29 is 9.59 Å². The highest BCUT2D eigenvalue weighted by molar-refractivity contribution is 8.13. The number of hydrogen-bond donors (Lipinski definition) is 0. The van der Waals surface area contributed by atoms with Gasteiger partial charge in [-0.15, -0.1) is 0 Å². The van der Waals surface area contributed by atoms with Crippen molar-refractivity contribution >= 4 is 33.8 Å². The van der Waals surface area contributed by atoms with Crippen LogP contribution in [0.4, 0.5) is 0 Å². The molecule has 0 spiro atoms. The highest BCUT2D eigenvalue weighted by Crippen LogP contribution is 2.07. The van der Waals surface area contributed by atoms with Crippen molar-refractivity contribution in [3.05, 3.63) is 21.0 Å². The maximum absolute atomic E-state index is 11.8. The first-order valence-electron chi connectivity index (χ1n) is 4.98. The van der Waals surface area contributed by atoms with E-state index in [1.54, 1.807) is 0 Å². The number of nitrogens with zero attached hydrogens (tertiary/aromatic N) is 3. The summed E-state index contributed by atoms with van der Waals surface area (Å²) in [5, 5.41) is -0.298. The van der Waals surface area contributed by atoms with E-state index in [1.807, 2.05) is 0 Å². The molecule has 0 aromatic carbocycles. The monoisotopic (exact) mass is 291 g/mol. The van der Waals surface area contributed by atoms with Crippen LogP contribution in [0.1, 0.15) is 13.8 Å². The fraction of sp³-hybridized carbons (Fsp3) is 0.556. The van der Waals surface area contributed by atoms with E-state index in [0.29, 0.717) is 0 Å². The summed E-state index contributed by atoms with van der Waals surface area (Å²) < 4.78 is 3.26. The first kappa shape index (κ1) is 14.8. The number of aromatic nitrogens is 3. The van der Waals surface area contributed by atoms with E-state index in [1.165, 1.54) is 20.9 Å². The summed E-state index contributed by atoms with van der Waals surface area (Å²) in [7, 11) is 1.36. The lowest BCUT2D eigenvalue weighted by molar-refractivity contribution is -0.110. The van der Waals surface area contributed by atoms with Crippen LogP contribution in [0, 0.1) is 0 Å². The lowest BCUT2D eigenvalue weighted by Gasteiger charge is -2.06. The van der Waals surface area contributed by atoms with Crippen LogP contribution in [-0.2, 0) is 28.4 Å². The van der Waals surface area contributed by atoms with Crippen molar-refractivity contribution in [3.63, 3.8) is 0 Å². The molecule has 0 aliphatic rings. The molecule has 0 saturated carbocycles. The zero-order valence-corrected chi connectivity index (χ0v) is 11.8. The number of carbonyl (C=O) groups is 2. The van der Waals surface area contributed by atoms with Gasteiger partial charge in [-0.3, -0.25) is 9.59 Å². The molecule has 0 N–H and O–H groups in total. The first-order valence-corrected chi connectivity index (χ1v) is 6.95. The molecule has 0 unspecified atom stereocenters. The third-order valence-corrected chi connectivity index (χ3v) is 3.65. The van der Waals surface area contributed by atoms with E-state index in [0.717, 1.165) is 37.5 Å². The molecule has 18 heavy (non-hydrogen) atoms. The normalized spacial score (nSPS) is 10.6. The van der Waals surface area contributed by atoms with Gasteiger partial charge in [0.05, 0.1) is 11.8 Å². The summed E-state index contributed by atoms with van der Waals surface area (Å²) in [5.41, 5.74) is -1.00. The Bertz CT molecular complexity index is 534. The fourth-order valence-corrected chi connectivity index (χ4v) is 2.30. The molecule has 7 nitrogen and oxygen atoms in total. The van der Waals surface area contributed by atoms with Gasteiger partial charge < -0.3 is 0 Å². The molecular weight excluding hydrogens is 278 g/mol. The first-order chi connectivity index (χ1) is 8.34. The zero-order chi connectivity index (χ0) is 13.9. The average Bonchev–Trinajstić information content (AvgIpc) is 2.48. The van der Waals surface area contributed by atoms with Gasteiger partial charge in [-0.2, -0.15) is 0 Å². The topological polar surface area (TPSA) is 83.1 Å². The summed E-state index contributed by atoms with van der Waals surface area (Å²) in [6, 6.07) is 0. The third kappa shape index (κ3) is 3.39. The van der Waals surface area contributed by atoms with Gasteiger partial charge in [0.25, 0.3) is 0 Å². The molecule has 100 valence electrons. The molecular formula is C9H13N3O4S2. The van der Waals surface area contributed by atoms with Gasteiger partial charge in [-0.05, 0) is 0 Å². The maximum Gasteiger partial charge on any atom is 0.347 e. The Labute approximate surface area is 111 Å². The Morgan fingerprint density at radius 2 is 1.28 bits per heavy atom. The van der Waals surface area contributed by atoms with Gasteiger partial charge in [-0.1, -0.05) is 23.5 Å². The molecule has 9 heteroatoms. The van der Waals surface area contributed by atoms with Crippen LogP contribution >= 0.6 is 23.5 Å². The number of carbonyl (C=O) groups excluding carboxylic acids is 2. The number of hydrogen-bond acceptors (Lipinski definition) is 6. The van der Waals surface area contributed by atoms with Gasteiger partial charge in [0.15, 0.2) is 10.2 Å². The van der Waals surface area contributed by atoms with Crippen LogP contribution in [0.2, 0.25) is 0 Å².